The predicted molar refractivity (Wildman–Crippen MR) is 106 cm³/mol. The Hall–Kier alpha value is -2.67. The lowest BCUT2D eigenvalue weighted by atomic mass is 9.91. The second kappa shape index (κ2) is 7.99. The molecule has 2 aromatic carbocycles. The number of benzene rings is 2. The van der Waals surface area contributed by atoms with Crippen molar-refractivity contribution in [2.45, 2.75) is 32.0 Å². The minimum Gasteiger partial charge on any atom is -0.338 e. The summed E-state index contributed by atoms with van der Waals surface area (Å²) in [5.41, 5.74) is 6.13. The number of fused-ring (bicyclic) bond motifs is 1. The lowest BCUT2D eigenvalue weighted by Crippen LogP contribution is -2.37. The number of nitrogens with zero attached hydrogens (tertiary/aromatic N) is 2. The van der Waals surface area contributed by atoms with Crippen molar-refractivity contribution in [3.05, 3.63) is 86.9 Å². The molecular weight excluding hydrogens is 397 g/mol. The van der Waals surface area contributed by atoms with Crippen LogP contribution in [0.4, 0.5) is 13.2 Å². The summed E-state index contributed by atoms with van der Waals surface area (Å²) in [6.07, 6.45) is -2.69. The van der Waals surface area contributed by atoms with Crippen LogP contribution in [0.3, 0.4) is 0 Å². The van der Waals surface area contributed by atoms with Crippen LogP contribution in [0.15, 0.2) is 53.4 Å². The molecule has 0 atom stereocenters. The number of carbonyl (C=O) groups is 1. The Kier molecular flexibility index (Phi) is 5.41. The fraction of sp³-hybridized carbons (Fsp3) is 0.273. The number of aromatic nitrogens is 1. The topological polar surface area (TPSA) is 33.2 Å². The number of hydrogen-bond donors (Lipinski definition) is 0. The number of rotatable bonds is 4. The summed E-state index contributed by atoms with van der Waals surface area (Å²) in [5.74, 6) is 0.0645. The minimum atomic E-state index is -4.32. The fourth-order valence-corrected chi connectivity index (χ4v) is 4.25. The zero-order chi connectivity index (χ0) is 20.4. The van der Waals surface area contributed by atoms with Gasteiger partial charge in [-0.25, -0.2) is 4.98 Å². The average Bonchev–Trinajstić information content (AvgIpc) is 3.20. The first kappa shape index (κ1) is 19.6. The molecular formula is C22H19F3N2OS. The van der Waals surface area contributed by atoms with Gasteiger partial charge in [0.05, 0.1) is 23.2 Å². The van der Waals surface area contributed by atoms with Gasteiger partial charge >= 0.3 is 6.18 Å². The lowest BCUT2D eigenvalue weighted by molar-refractivity contribution is -0.137. The van der Waals surface area contributed by atoms with Crippen molar-refractivity contribution >= 4 is 17.2 Å². The molecule has 0 bridgehead atoms. The molecule has 0 aliphatic carbocycles. The van der Waals surface area contributed by atoms with Crippen molar-refractivity contribution in [3.63, 3.8) is 0 Å². The Morgan fingerprint density at radius 2 is 1.93 bits per heavy atom. The second-order valence-corrected chi connectivity index (χ2v) is 7.87. The van der Waals surface area contributed by atoms with E-state index >= 15 is 0 Å². The molecule has 4 rings (SSSR count). The summed E-state index contributed by atoms with van der Waals surface area (Å²) in [4.78, 5) is 18.6. The van der Waals surface area contributed by atoms with Crippen LogP contribution in [0.5, 0.6) is 0 Å². The summed E-state index contributed by atoms with van der Waals surface area (Å²) in [6, 6.07) is 11.3. The van der Waals surface area contributed by atoms with Gasteiger partial charge in [0.1, 0.15) is 0 Å². The minimum absolute atomic E-state index is 0.0645. The smallest absolute Gasteiger partial charge is 0.338 e. The molecule has 0 saturated heterocycles. The van der Waals surface area contributed by atoms with E-state index in [-0.39, 0.29) is 5.91 Å². The molecule has 3 aromatic rings. The predicted octanol–water partition coefficient (Wildman–Crippen LogP) is 4.88. The van der Waals surface area contributed by atoms with Gasteiger partial charge < -0.3 is 4.90 Å². The first-order chi connectivity index (χ1) is 13.9. The van der Waals surface area contributed by atoms with Crippen molar-refractivity contribution < 1.29 is 18.0 Å². The fourth-order valence-electron chi connectivity index (χ4n) is 3.69. The van der Waals surface area contributed by atoms with Gasteiger partial charge in [0.15, 0.2) is 0 Å². The van der Waals surface area contributed by atoms with E-state index in [0.29, 0.717) is 25.9 Å². The van der Waals surface area contributed by atoms with Crippen LogP contribution in [0.1, 0.15) is 33.5 Å². The van der Waals surface area contributed by atoms with Gasteiger partial charge in [0.25, 0.3) is 0 Å². The third kappa shape index (κ3) is 4.50. The highest BCUT2D eigenvalue weighted by atomic mass is 32.1. The molecule has 29 heavy (non-hydrogen) atoms. The van der Waals surface area contributed by atoms with Crippen molar-refractivity contribution in [2.75, 3.05) is 6.54 Å². The third-order valence-electron chi connectivity index (χ3n) is 5.21. The number of halogens is 3. The van der Waals surface area contributed by atoms with E-state index in [1.807, 2.05) is 28.5 Å². The zero-order valence-electron chi connectivity index (χ0n) is 15.6. The van der Waals surface area contributed by atoms with Gasteiger partial charge in [-0.15, -0.1) is 11.3 Å². The lowest BCUT2D eigenvalue weighted by Gasteiger charge is -2.30. The van der Waals surface area contributed by atoms with Crippen LogP contribution in [0.2, 0.25) is 0 Å². The number of amides is 1. The van der Waals surface area contributed by atoms with Crippen LogP contribution >= 0.6 is 11.3 Å². The third-order valence-corrected chi connectivity index (χ3v) is 5.84. The zero-order valence-corrected chi connectivity index (χ0v) is 16.4. The molecule has 0 N–H and O–H groups in total. The first-order valence-corrected chi connectivity index (χ1v) is 10.2. The Morgan fingerprint density at radius 3 is 2.62 bits per heavy atom. The van der Waals surface area contributed by atoms with Crippen LogP contribution in [-0.4, -0.2) is 22.3 Å². The van der Waals surface area contributed by atoms with E-state index < -0.39 is 11.7 Å². The molecule has 1 aliphatic heterocycles. The van der Waals surface area contributed by atoms with Crippen molar-refractivity contribution in [1.29, 1.82) is 0 Å². The Balaban J connectivity index is 1.47. The van der Waals surface area contributed by atoms with Crippen LogP contribution < -0.4 is 0 Å². The van der Waals surface area contributed by atoms with E-state index in [1.165, 1.54) is 29.0 Å². The molecule has 1 aromatic heterocycles. The van der Waals surface area contributed by atoms with Crippen LogP contribution in [0.25, 0.3) is 0 Å². The van der Waals surface area contributed by atoms with E-state index in [0.717, 1.165) is 40.9 Å². The van der Waals surface area contributed by atoms with Gasteiger partial charge in [0.2, 0.25) is 5.91 Å². The number of alkyl halides is 3. The molecule has 0 radical (unpaired) electrons. The quantitative estimate of drug-likeness (QED) is 0.607. The Labute approximate surface area is 170 Å². The number of carbonyl (C=O) groups excluding carboxylic acids is 1. The highest BCUT2D eigenvalue weighted by Crippen LogP contribution is 2.30. The van der Waals surface area contributed by atoms with E-state index in [2.05, 4.69) is 4.98 Å². The maximum Gasteiger partial charge on any atom is 0.416 e. The molecule has 1 amide bonds. The summed E-state index contributed by atoms with van der Waals surface area (Å²) in [5, 5.41) is 1.89. The van der Waals surface area contributed by atoms with Gasteiger partial charge in [-0.3, -0.25) is 4.79 Å². The summed E-state index contributed by atoms with van der Waals surface area (Å²) < 4.78 is 38.3. The Bertz CT molecular complexity index is 998. The SMILES string of the molecule is O=C(Cc1cscn1)N1CCc2c(Cc3ccc(C(F)(F)F)cc3)cccc2C1. The van der Waals surface area contributed by atoms with Crippen LogP contribution in [-0.2, 0) is 36.8 Å². The summed E-state index contributed by atoms with van der Waals surface area (Å²) in [7, 11) is 0. The maximum atomic E-state index is 12.8. The van der Waals surface area contributed by atoms with Crippen molar-refractivity contribution in [2.24, 2.45) is 0 Å². The Morgan fingerprint density at radius 1 is 1.14 bits per heavy atom. The molecule has 150 valence electrons. The van der Waals surface area contributed by atoms with Gasteiger partial charge in [-0.1, -0.05) is 30.3 Å². The standard InChI is InChI=1S/C22H19F3N2OS/c23-22(24,25)18-6-4-15(5-7-18)10-16-2-1-3-17-12-27(9-8-20(16)17)21(28)11-19-13-29-14-26-19/h1-7,13-14H,8-12H2. The monoisotopic (exact) mass is 416 g/mol. The first-order valence-electron chi connectivity index (χ1n) is 9.31. The van der Waals surface area contributed by atoms with Gasteiger partial charge in [0, 0.05) is 18.5 Å². The van der Waals surface area contributed by atoms with E-state index in [9.17, 15) is 18.0 Å². The molecule has 0 saturated carbocycles. The molecule has 2 heterocycles. The van der Waals surface area contributed by atoms with Gasteiger partial charge in [-0.2, -0.15) is 13.2 Å². The largest absolute Gasteiger partial charge is 0.416 e. The summed E-state index contributed by atoms with van der Waals surface area (Å²) >= 11 is 1.48. The molecule has 7 heteroatoms. The summed E-state index contributed by atoms with van der Waals surface area (Å²) in [6.45, 7) is 1.19. The van der Waals surface area contributed by atoms with Gasteiger partial charge in [-0.05, 0) is 47.2 Å². The normalized spacial score (nSPS) is 14.0. The second-order valence-electron chi connectivity index (χ2n) is 7.15. The van der Waals surface area contributed by atoms with E-state index in [4.69, 9.17) is 0 Å². The highest BCUT2D eigenvalue weighted by molar-refractivity contribution is 7.07. The highest BCUT2D eigenvalue weighted by Gasteiger charge is 2.30. The number of thiazole rings is 1. The van der Waals surface area contributed by atoms with Crippen molar-refractivity contribution in [3.8, 4) is 0 Å². The van der Waals surface area contributed by atoms with Crippen LogP contribution in [0, 0.1) is 0 Å². The van der Waals surface area contributed by atoms with E-state index in [1.54, 1.807) is 5.51 Å². The molecule has 0 unspecified atom stereocenters. The molecule has 0 fully saturated rings. The average molecular weight is 416 g/mol. The molecule has 1 aliphatic rings. The molecule has 0 spiro atoms. The van der Waals surface area contributed by atoms with Crippen molar-refractivity contribution in [1.82, 2.24) is 9.88 Å². The molecule has 3 nitrogen and oxygen atoms in total. The number of hydrogen-bond acceptors (Lipinski definition) is 3. The maximum absolute atomic E-state index is 12.8.